The van der Waals surface area contributed by atoms with Crippen LogP contribution in [-0.4, -0.2) is 26.2 Å². The fourth-order valence-electron chi connectivity index (χ4n) is 2.55. The van der Waals surface area contributed by atoms with Crippen molar-refractivity contribution in [2.24, 2.45) is 5.92 Å². The van der Waals surface area contributed by atoms with Gasteiger partial charge < -0.3 is 5.32 Å². The van der Waals surface area contributed by atoms with Crippen LogP contribution in [0.5, 0.6) is 0 Å². The molecule has 0 fully saturated rings. The van der Waals surface area contributed by atoms with E-state index in [4.69, 9.17) is 11.6 Å². The van der Waals surface area contributed by atoms with Gasteiger partial charge in [-0.1, -0.05) is 37.2 Å². The largest absolute Gasteiger partial charge is 0.325 e. The number of hydrogen-bond acceptors (Lipinski definition) is 5. The molecule has 0 radical (unpaired) electrons. The first-order valence-electron chi connectivity index (χ1n) is 8.48. The number of anilines is 1. The fraction of sp³-hybridized carbons (Fsp3) is 0.263. The van der Waals surface area contributed by atoms with Crippen LogP contribution in [0.2, 0.25) is 5.02 Å². The van der Waals surface area contributed by atoms with Crippen LogP contribution in [-0.2, 0) is 11.3 Å². The van der Waals surface area contributed by atoms with Crippen molar-refractivity contribution in [3.63, 3.8) is 0 Å². The van der Waals surface area contributed by atoms with Crippen molar-refractivity contribution in [1.29, 1.82) is 0 Å². The molecule has 3 aromatic rings. The van der Waals surface area contributed by atoms with Crippen molar-refractivity contribution >= 4 is 46.1 Å². The van der Waals surface area contributed by atoms with E-state index in [2.05, 4.69) is 15.3 Å². The lowest BCUT2D eigenvalue weighted by atomic mass is 10.2. The Labute approximate surface area is 166 Å². The normalized spacial score (nSPS) is 11.1. The highest BCUT2D eigenvalue weighted by atomic mass is 35.5. The Hall–Kier alpha value is -2.38. The van der Waals surface area contributed by atoms with Gasteiger partial charge in [0.05, 0.1) is 5.75 Å². The van der Waals surface area contributed by atoms with Gasteiger partial charge in [-0.2, -0.15) is 0 Å². The van der Waals surface area contributed by atoms with Crippen molar-refractivity contribution in [2.75, 3.05) is 11.1 Å². The first-order chi connectivity index (χ1) is 12.9. The summed E-state index contributed by atoms with van der Waals surface area (Å²) in [4.78, 5) is 33.7. The Bertz CT molecular complexity index is 1020. The predicted octanol–water partition coefficient (Wildman–Crippen LogP) is 3.83. The van der Waals surface area contributed by atoms with Crippen molar-refractivity contribution in [2.45, 2.75) is 25.4 Å². The minimum atomic E-state index is -0.223. The number of pyridine rings is 1. The number of fused-ring (bicyclic) bond motifs is 1. The summed E-state index contributed by atoms with van der Waals surface area (Å²) in [5.41, 5.74) is 1.63. The average molecular weight is 403 g/mol. The molecule has 0 aliphatic heterocycles. The second kappa shape index (κ2) is 8.54. The summed E-state index contributed by atoms with van der Waals surface area (Å²) < 4.78 is 1.63. The molecule has 0 spiro atoms. The number of carbonyl (C=O) groups excluding carboxylic acids is 1. The number of nitrogens with zero attached hydrogens (tertiary/aromatic N) is 3. The van der Waals surface area contributed by atoms with Crippen LogP contribution in [0.15, 0.2) is 52.4 Å². The number of thioether (sulfide) groups is 1. The van der Waals surface area contributed by atoms with Gasteiger partial charge in [-0.25, -0.2) is 9.97 Å². The molecule has 1 aromatic carbocycles. The molecule has 0 saturated heterocycles. The Kier molecular flexibility index (Phi) is 6.13. The first kappa shape index (κ1) is 19.4. The minimum Gasteiger partial charge on any atom is -0.325 e. The van der Waals surface area contributed by atoms with Crippen LogP contribution in [0.4, 0.5) is 5.69 Å². The number of rotatable bonds is 6. The summed E-state index contributed by atoms with van der Waals surface area (Å²) in [5, 5.41) is 3.67. The molecule has 6 nitrogen and oxygen atoms in total. The Morgan fingerprint density at radius 3 is 2.70 bits per heavy atom. The van der Waals surface area contributed by atoms with Gasteiger partial charge >= 0.3 is 0 Å². The zero-order valence-electron chi connectivity index (χ0n) is 15.0. The van der Waals surface area contributed by atoms with E-state index in [0.29, 0.717) is 33.4 Å². The van der Waals surface area contributed by atoms with Crippen LogP contribution in [0, 0.1) is 5.92 Å². The Morgan fingerprint density at radius 1 is 1.26 bits per heavy atom. The number of amides is 1. The van der Waals surface area contributed by atoms with Crippen molar-refractivity contribution < 1.29 is 4.79 Å². The van der Waals surface area contributed by atoms with Crippen molar-refractivity contribution in [3.05, 3.63) is 58.0 Å². The van der Waals surface area contributed by atoms with Gasteiger partial charge in [0.25, 0.3) is 5.56 Å². The van der Waals surface area contributed by atoms with E-state index in [0.717, 1.165) is 11.8 Å². The smallest absolute Gasteiger partial charge is 0.284 e. The van der Waals surface area contributed by atoms with Crippen LogP contribution >= 0.6 is 23.4 Å². The lowest BCUT2D eigenvalue weighted by molar-refractivity contribution is -0.113. The minimum absolute atomic E-state index is 0.0817. The molecular formula is C19H19ClN4O2S. The lowest BCUT2D eigenvalue weighted by Crippen LogP contribution is -2.26. The zero-order chi connectivity index (χ0) is 19.4. The van der Waals surface area contributed by atoms with Gasteiger partial charge in [0, 0.05) is 23.5 Å². The highest BCUT2D eigenvalue weighted by Gasteiger charge is 2.15. The topological polar surface area (TPSA) is 76.9 Å². The highest BCUT2D eigenvalue weighted by molar-refractivity contribution is 7.99. The molecular weight excluding hydrogens is 384 g/mol. The molecule has 2 aromatic heterocycles. The molecule has 8 heteroatoms. The molecule has 0 unspecified atom stereocenters. The molecule has 0 aliphatic carbocycles. The number of hydrogen-bond donors (Lipinski definition) is 1. The molecule has 0 bridgehead atoms. The summed E-state index contributed by atoms with van der Waals surface area (Å²) in [5.74, 6) is 0.143. The van der Waals surface area contributed by atoms with Gasteiger partial charge in [0.1, 0.15) is 5.52 Å². The van der Waals surface area contributed by atoms with Crippen LogP contribution in [0.1, 0.15) is 13.8 Å². The first-order valence-corrected chi connectivity index (χ1v) is 9.84. The van der Waals surface area contributed by atoms with E-state index in [9.17, 15) is 9.59 Å². The van der Waals surface area contributed by atoms with Crippen LogP contribution in [0.3, 0.4) is 0 Å². The maximum Gasteiger partial charge on any atom is 0.284 e. The molecule has 3 rings (SSSR count). The molecule has 2 heterocycles. The molecule has 0 aliphatic rings. The summed E-state index contributed by atoms with van der Waals surface area (Å²) in [6.07, 6.45) is 1.65. The average Bonchev–Trinajstić information content (AvgIpc) is 2.64. The molecule has 1 amide bonds. The summed E-state index contributed by atoms with van der Waals surface area (Å²) in [6.45, 7) is 4.61. The molecule has 0 atom stereocenters. The van der Waals surface area contributed by atoms with Gasteiger partial charge in [0.2, 0.25) is 5.91 Å². The molecule has 140 valence electrons. The highest BCUT2D eigenvalue weighted by Crippen LogP contribution is 2.18. The Balaban J connectivity index is 1.80. The number of aromatic nitrogens is 3. The van der Waals surface area contributed by atoms with E-state index in [1.807, 2.05) is 19.9 Å². The van der Waals surface area contributed by atoms with Gasteiger partial charge in [-0.3, -0.25) is 14.2 Å². The van der Waals surface area contributed by atoms with E-state index in [-0.39, 0.29) is 23.1 Å². The maximum absolute atomic E-state index is 12.8. The number of halogens is 1. The fourth-order valence-corrected chi connectivity index (χ4v) is 3.41. The van der Waals surface area contributed by atoms with E-state index in [1.54, 1.807) is 41.1 Å². The van der Waals surface area contributed by atoms with E-state index >= 15 is 0 Å². The molecule has 0 saturated carbocycles. The monoisotopic (exact) mass is 402 g/mol. The van der Waals surface area contributed by atoms with E-state index in [1.165, 1.54) is 0 Å². The number of nitrogens with one attached hydrogen (secondary N) is 1. The Morgan fingerprint density at radius 2 is 2.00 bits per heavy atom. The summed E-state index contributed by atoms with van der Waals surface area (Å²) >= 11 is 6.96. The quantitative estimate of drug-likeness (QED) is 0.634. The molecule has 1 N–H and O–H groups in total. The third kappa shape index (κ3) is 4.87. The number of benzene rings is 1. The standard InChI is InChI=1S/C19H19ClN4O2S/c1-12(2)10-24-17-15(4-3-9-21-17)23-18(19(24)26)27-11-16(25)22-14-7-5-13(20)6-8-14/h3-9,12H,10-11H2,1-2H3,(H,22,25). The van der Waals surface area contributed by atoms with Gasteiger partial charge in [-0.15, -0.1) is 0 Å². The van der Waals surface area contributed by atoms with Crippen LogP contribution < -0.4 is 10.9 Å². The zero-order valence-corrected chi connectivity index (χ0v) is 16.5. The summed E-state index contributed by atoms with van der Waals surface area (Å²) in [7, 11) is 0. The second-order valence-electron chi connectivity index (χ2n) is 6.42. The SMILES string of the molecule is CC(C)Cn1c(=O)c(SCC(=O)Nc2ccc(Cl)cc2)nc2cccnc21. The van der Waals surface area contributed by atoms with Gasteiger partial charge in [0.15, 0.2) is 10.7 Å². The third-order valence-corrected chi connectivity index (χ3v) is 4.89. The second-order valence-corrected chi connectivity index (χ2v) is 7.82. The lowest BCUT2D eigenvalue weighted by Gasteiger charge is -2.13. The van der Waals surface area contributed by atoms with Crippen molar-refractivity contribution in [1.82, 2.24) is 14.5 Å². The molecule has 27 heavy (non-hydrogen) atoms. The predicted molar refractivity (Wildman–Crippen MR) is 109 cm³/mol. The maximum atomic E-state index is 12.8. The van der Waals surface area contributed by atoms with E-state index < -0.39 is 0 Å². The third-order valence-electron chi connectivity index (χ3n) is 3.69. The number of carbonyl (C=O) groups is 1. The van der Waals surface area contributed by atoms with Crippen LogP contribution in [0.25, 0.3) is 11.2 Å². The van der Waals surface area contributed by atoms with Gasteiger partial charge in [-0.05, 0) is 42.3 Å². The van der Waals surface area contributed by atoms with Crippen molar-refractivity contribution in [3.8, 4) is 0 Å². The summed E-state index contributed by atoms with van der Waals surface area (Å²) in [6, 6.07) is 10.4.